The number of carbonyl (C=O) groups excluding carboxylic acids is 1. The third-order valence-corrected chi connectivity index (χ3v) is 4.32. The number of amides is 1. The zero-order chi connectivity index (χ0) is 11.8. The molecule has 0 aromatic heterocycles. The van der Waals surface area contributed by atoms with Gasteiger partial charge in [0.25, 0.3) is 0 Å². The summed E-state index contributed by atoms with van der Waals surface area (Å²) in [4.78, 5) is 11.4. The quantitative estimate of drug-likeness (QED) is 0.859. The van der Waals surface area contributed by atoms with Crippen molar-refractivity contribution >= 4 is 18.3 Å². The van der Waals surface area contributed by atoms with Crippen LogP contribution in [-0.4, -0.2) is 19.0 Å². The lowest BCUT2D eigenvalue weighted by Crippen LogP contribution is -2.16. The molecule has 18 heavy (non-hydrogen) atoms. The predicted molar refractivity (Wildman–Crippen MR) is 74.0 cm³/mol. The summed E-state index contributed by atoms with van der Waals surface area (Å²) < 4.78 is 0. The molecule has 98 valence electrons. The highest BCUT2D eigenvalue weighted by atomic mass is 35.5. The first-order valence-corrected chi connectivity index (χ1v) is 6.35. The highest BCUT2D eigenvalue weighted by molar-refractivity contribution is 5.94. The highest BCUT2D eigenvalue weighted by Gasteiger charge is 2.38. The van der Waals surface area contributed by atoms with E-state index in [0.717, 1.165) is 30.5 Å². The Hall–Kier alpha value is -1.06. The molecule has 2 unspecified atom stereocenters. The normalized spacial score (nSPS) is 29.7. The summed E-state index contributed by atoms with van der Waals surface area (Å²) in [6, 6.07) is 7.82. The van der Waals surface area contributed by atoms with Crippen LogP contribution in [0.2, 0.25) is 0 Å². The molecule has 2 aliphatic rings. The lowest BCUT2D eigenvalue weighted by atomic mass is 9.91. The fraction of sp³-hybridized carbons (Fsp3) is 0.500. The smallest absolute Gasteiger partial charge is 0.248 e. The van der Waals surface area contributed by atoms with Gasteiger partial charge in [0.2, 0.25) is 5.91 Å². The van der Waals surface area contributed by atoms with Gasteiger partial charge in [-0.15, -0.1) is 12.4 Å². The van der Waals surface area contributed by atoms with E-state index in [-0.39, 0.29) is 18.3 Å². The third-order valence-electron chi connectivity index (χ3n) is 4.32. The van der Waals surface area contributed by atoms with Crippen molar-refractivity contribution < 1.29 is 4.79 Å². The number of nitrogens with one attached hydrogen (secondary N) is 1. The number of hydrogen-bond donors (Lipinski definition) is 2. The molecule has 0 bridgehead atoms. The maximum Gasteiger partial charge on any atom is 0.248 e. The van der Waals surface area contributed by atoms with E-state index in [0.29, 0.717) is 11.5 Å². The second-order valence-electron chi connectivity index (χ2n) is 5.30. The molecular formula is C14H19ClN2O. The molecule has 0 radical (unpaired) electrons. The molecule has 1 heterocycles. The molecule has 3 N–H and O–H groups in total. The minimum atomic E-state index is -0.296. The van der Waals surface area contributed by atoms with Gasteiger partial charge in [0, 0.05) is 5.56 Å². The van der Waals surface area contributed by atoms with Gasteiger partial charge in [-0.05, 0) is 55.3 Å². The van der Waals surface area contributed by atoms with Gasteiger partial charge in [0.15, 0.2) is 0 Å². The van der Waals surface area contributed by atoms with Gasteiger partial charge >= 0.3 is 0 Å². The predicted octanol–water partition coefficient (Wildman–Crippen LogP) is 1.92. The number of carbonyl (C=O) groups is 1. The Labute approximate surface area is 114 Å². The molecule has 3 nitrogen and oxygen atoms in total. The lowest BCUT2D eigenvalue weighted by molar-refractivity contribution is 0.0999. The Morgan fingerprint density at radius 2 is 1.78 bits per heavy atom. The van der Waals surface area contributed by atoms with Crippen LogP contribution >= 0.6 is 12.4 Å². The van der Waals surface area contributed by atoms with Crippen LogP contribution in [0.15, 0.2) is 24.3 Å². The fourth-order valence-electron chi connectivity index (χ4n) is 3.50. The van der Waals surface area contributed by atoms with Gasteiger partial charge in [-0.2, -0.15) is 0 Å². The zero-order valence-electron chi connectivity index (χ0n) is 10.3. The molecule has 1 aliphatic carbocycles. The summed E-state index contributed by atoms with van der Waals surface area (Å²) >= 11 is 0. The van der Waals surface area contributed by atoms with Crippen LogP contribution in [0.1, 0.15) is 34.7 Å². The summed E-state index contributed by atoms with van der Waals surface area (Å²) in [5, 5.41) is 3.44. The van der Waals surface area contributed by atoms with Crippen molar-refractivity contribution in [3.8, 4) is 0 Å². The molecular weight excluding hydrogens is 248 g/mol. The monoisotopic (exact) mass is 266 g/mol. The maximum atomic E-state index is 11.4. The van der Waals surface area contributed by atoms with E-state index in [4.69, 9.17) is 5.73 Å². The van der Waals surface area contributed by atoms with Gasteiger partial charge in [-0.3, -0.25) is 4.79 Å². The average molecular weight is 267 g/mol. The Bertz CT molecular complexity index is 437. The van der Waals surface area contributed by atoms with E-state index >= 15 is 0 Å². The molecule has 1 aliphatic heterocycles. The zero-order valence-corrected chi connectivity index (χ0v) is 11.1. The minimum Gasteiger partial charge on any atom is -0.366 e. The molecule has 2 fully saturated rings. The number of benzene rings is 1. The van der Waals surface area contributed by atoms with Gasteiger partial charge in [0.05, 0.1) is 0 Å². The van der Waals surface area contributed by atoms with Crippen LogP contribution in [0.5, 0.6) is 0 Å². The van der Waals surface area contributed by atoms with E-state index in [1.165, 1.54) is 12.8 Å². The number of primary amides is 1. The number of fused-ring (bicyclic) bond motifs is 1. The van der Waals surface area contributed by atoms with Crippen LogP contribution in [0.25, 0.3) is 0 Å². The second kappa shape index (κ2) is 5.29. The number of hydrogen-bond acceptors (Lipinski definition) is 2. The number of halogens is 1. The summed E-state index contributed by atoms with van der Waals surface area (Å²) in [7, 11) is 0. The molecule has 0 spiro atoms. The maximum absolute atomic E-state index is 11.4. The first kappa shape index (κ1) is 13.4. The van der Waals surface area contributed by atoms with Gasteiger partial charge in [-0.25, -0.2) is 0 Å². The molecule has 1 amide bonds. The Morgan fingerprint density at radius 1 is 1.17 bits per heavy atom. The van der Waals surface area contributed by atoms with Crippen LogP contribution < -0.4 is 11.1 Å². The van der Waals surface area contributed by atoms with Crippen LogP contribution in [0.3, 0.4) is 0 Å². The summed E-state index contributed by atoms with van der Waals surface area (Å²) in [5.74, 6) is 1.81. The van der Waals surface area contributed by atoms with Gasteiger partial charge < -0.3 is 11.1 Å². The summed E-state index contributed by atoms with van der Waals surface area (Å²) in [6.07, 6.45) is 2.39. The molecule has 4 heteroatoms. The molecule has 3 rings (SSSR count). The minimum absolute atomic E-state index is 0. The molecule has 2 atom stereocenters. The molecule has 1 aromatic rings. The van der Waals surface area contributed by atoms with Gasteiger partial charge in [0.1, 0.15) is 0 Å². The Balaban J connectivity index is 0.00000120. The average Bonchev–Trinajstić information content (AvgIpc) is 2.88. The van der Waals surface area contributed by atoms with E-state index in [2.05, 4.69) is 11.4 Å². The van der Waals surface area contributed by atoms with Crippen molar-refractivity contribution in [1.29, 1.82) is 0 Å². The molecule has 1 saturated heterocycles. The van der Waals surface area contributed by atoms with Crippen LogP contribution in [-0.2, 0) is 0 Å². The summed E-state index contributed by atoms with van der Waals surface area (Å²) in [5.41, 5.74) is 7.32. The summed E-state index contributed by atoms with van der Waals surface area (Å²) in [6.45, 7) is 2.28. The van der Waals surface area contributed by atoms with Gasteiger partial charge in [-0.1, -0.05) is 18.2 Å². The van der Waals surface area contributed by atoms with Crippen LogP contribution in [0, 0.1) is 11.8 Å². The SMILES string of the molecule is Cl.NC(=O)c1ccccc1C1CC2CNCC2C1. The first-order chi connectivity index (χ1) is 8.25. The van der Waals surface area contributed by atoms with E-state index < -0.39 is 0 Å². The van der Waals surface area contributed by atoms with E-state index in [9.17, 15) is 4.79 Å². The van der Waals surface area contributed by atoms with Crippen molar-refractivity contribution in [1.82, 2.24) is 5.32 Å². The largest absolute Gasteiger partial charge is 0.366 e. The third kappa shape index (κ3) is 2.25. The fourth-order valence-corrected chi connectivity index (χ4v) is 3.50. The van der Waals surface area contributed by atoms with E-state index in [1.54, 1.807) is 0 Å². The van der Waals surface area contributed by atoms with Crippen LogP contribution in [0.4, 0.5) is 0 Å². The van der Waals surface area contributed by atoms with E-state index in [1.807, 2.05) is 18.2 Å². The standard InChI is InChI=1S/C14H18N2O.ClH/c15-14(17)13-4-2-1-3-12(13)9-5-10-7-16-8-11(10)6-9;/h1-4,9-11,16H,5-8H2,(H2,15,17);1H. The number of nitrogens with two attached hydrogens (primary N) is 1. The van der Waals surface area contributed by atoms with Crippen molar-refractivity contribution in [2.45, 2.75) is 18.8 Å². The topological polar surface area (TPSA) is 55.1 Å². The lowest BCUT2D eigenvalue weighted by Gasteiger charge is -2.14. The van der Waals surface area contributed by atoms with Crippen molar-refractivity contribution in [2.75, 3.05) is 13.1 Å². The second-order valence-corrected chi connectivity index (χ2v) is 5.30. The van der Waals surface area contributed by atoms with Crippen molar-refractivity contribution in [3.63, 3.8) is 0 Å². The number of rotatable bonds is 2. The molecule has 1 saturated carbocycles. The Kier molecular flexibility index (Phi) is 3.93. The highest BCUT2D eigenvalue weighted by Crippen LogP contribution is 2.44. The first-order valence-electron chi connectivity index (χ1n) is 6.35. The van der Waals surface area contributed by atoms with Crippen molar-refractivity contribution in [3.05, 3.63) is 35.4 Å². The Morgan fingerprint density at radius 3 is 2.39 bits per heavy atom. The molecule has 1 aromatic carbocycles. The van der Waals surface area contributed by atoms with Crippen molar-refractivity contribution in [2.24, 2.45) is 17.6 Å².